The van der Waals surface area contributed by atoms with Gasteiger partial charge in [0, 0.05) is 12.4 Å². The molecule has 2 heterocycles. The van der Waals surface area contributed by atoms with Crippen LogP contribution < -0.4 is 10.5 Å². The van der Waals surface area contributed by atoms with Crippen LogP contribution in [0.25, 0.3) is 11.2 Å². The van der Waals surface area contributed by atoms with Gasteiger partial charge in [-0.1, -0.05) is 40.2 Å². The summed E-state index contributed by atoms with van der Waals surface area (Å²) in [6.07, 6.45) is 1.72. The van der Waals surface area contributed by atoms with Gasteiger partial charge in [-0.15, -0.1) is 0 Å². The number of fused-ring (bicyclic) bond motifs is 1. The normalized spacial score (nSPS) is 11.1. The quantitative estimate of drug-likeness (QED) is 0.491. The lowest BCUT2D eigenvalue weighted by atomic mass is 10.1. The molecule has 126 valence electrons. The topological polar surface area (TPSA) is 88.1 Å². The van der Waals surface area contributed by atoms with Crippen molar-refractivity contribution in [1.82, 2.24) is 19.5 Å². The van der Waals surface area contributed by atoms with Gasteiger partial charge in [0.05, 0.1) is 19.5 Å². The minimum Gasteiger partial charge on any atom is -0.461 e. The van der Waals surface area contributed by atoms with Gasteiger partial charge in [0.2, 0.25) is 0 Å². The van der Waals surface area contributed by atoms with Gasteiger partial charge >= 0.3 is 6.01 Å². The van der Waals surface area contributed by atoms with E-state index in [0.29, 0.717) is 36.7 Å². The molecule has 7 nitrogen and oxygen atoms in total. The number of hydrogen-bond donors (Lipinski definition) is 1. The van der Waals surface area contributed by atoms with Crippen molar-refractivity contribution in [3.63, 3.8) is 0 Å². The van der Waals surface area contributed by atoms with Crippen molar-refractivity contribution in [1.29, 1.82) is 0 Å². The molecule has 8 heteroatoms. The maximum absolute atomic E-state index is 5.97. The van der Waals surface area contributed by atoms with Crippen molar-refractivity contribution < 1.29 is 9.47 Å². The summed E-state index contributed by atoms with van der Waals surface area (Å²) in [6.45, 7) is 1.47. The molecule has 0 saturated carbocycles. The van der Waals surface area contributed by atoms with E-state index in [1.807, 2.05) is 10.6 Å². The Hall–Kier alpha value is -2.19. The largest absolute Gasteiger partial charge is 0.461 e. The van der Waals surface area contributed by atoms with Crippen LogP contribution in [0.3, 0.4) is 0 Å². The Kier molecular flexibility index (Phi) is 5.27. The molecular weight excluding hydrogens is 374 g/mol. The number of methoxy groups -OCH3 is 1. The van der Waals surface area contributed by atoms with Crippen molar-refractivity contribution in [2.75, 3.05) is 26.1 Å². The van der Waals surface area contributed by atoms with E-state index in [9.17, 15) is 0 Å². The van der Waals surface area contributed by atoms with Crippen molar-refractivity contribution in [2.24, 2.45) is 0 Å². The van der Waals surface area contributed by atoms with Crippen LogP contribution in [0.1, 0.15) is 11.1 Å². The fraction of sp³-hybridized carbons (Fsp3) is 0.312. The third-order valence-electron chi connectivity index (χ3n) is 3.49. The first kappa shape index (κ1) is 16.7. The summed E-state index contributed by atoms with van der Waals surface area (Å²) < 4.78 is 12.4. The third-order valence-corrected chi connectivity index (χ3v) is 4.14. The molecule has 0 unspecified atom stereocenters. The van der Waals surface area contributed by atoms with E-state index in [2.05, 4.69) is 49.1 Å². The van der Waals surface area contributed by atoms with Crippen LogP contribution in [0.4, 0.5) is 5.82 Å². The first-order valence-corrected chi connectivity index (χ1v) is 8.57. The highest BCUT2D eigenvalue weighted by Gasteiger charge is 2.12. The number of ether oxygens (including phenoxy) is 2. The number of imidazole rings is 1. The Morgan fingerprint density at radius 1 is 1.21 bits per heavy atom. The van der Waals surface area contributed by atoms with E-state index in [1.165, 1.54) is 5.56 Å². The second kappa shape index (κ2) is 7.59. The Morgan fingerprint density at radius 3 is 2.83 bits per heavy atom. The zero-order valence-corrected chi connectivity index (χ0v) is 14.9. The molecule has 0 bridgehead atoms. The van der Waals surface area contributed by atoms with Crippen LogP contribution in [0.2, 0.25) is 0 Å². The molecule has 0 spiro atoms. The molecule has 2 N–H and O–H groups in total. The molecule has 1 aromatic carbocycles. The van der Waals surface area contributed by atoms with E-state index in [-0.39, 0.29) is 6.01 Å². The van der Waals surface area contributed by atoms with Gasteiger partial charge in [0.15, 0.2) is 17.0 Å². The molecule has 0 aliphatic rings. The maximum Gasteiger partial charge on any atom is 0.320 e. The van der Waals surface area contributed by atoms with E-state index >= 15 is 0 Å². The Labute approximate surface area is 148 Å². The Bertz CT molecular complexity index is 836. The molecule has 0 fully saturated rings. The van der Waals surface area contributed by atoms with E-state index in [1.54, 1.807) is 13.4 Å². The lowest BCUT2D eigenvalue weighted by molar-refractivity contribution is 0.141. The summed E-state index contributed by atoms with van der Waals surface area (Å²) in [4.78, 5) is 12.9. The average Bonchev–Trinajstić information content (AvgIpc) is 2.99. The SMILES string of the molecule is COCCOc1nc(N)c2ncn(Cc3cccc(CBr)c3)c2n1. The smallest absolute Gasteiger partial charge is 0.320 e. The highest BCUT2D eigenvalue weighted by atomic mass is 79.9. The number of nitrogens with zero attached hydrogens (tertiary/aromatic N) is 4. The maximum atomic E-state index is 5.97. The van der Waals surface area contributed by atoms with E-state index in [0.717, 1.165) is 10.9 Å². The lowest BCUT2D eigenvalue weighted by Crippen LogP contribution is -2.09. The number of rotatable bonds is 7. The zero-order valence-electron chi connectivity index (χ0n) is 13.3. The minimum absolute atomic E-state index is 0.230. The third kappa shape index (κ3) is 3.65. The fourth-order valence-corrected chi connectivity index (χ4v) is 2.70. The molecule has 0 saturated heterocycles. The summed E-state index contributed by atoms with van der Waals surface area (Å²) in [5.74, 6) is 0.306. The predicted molar refractivity (Wildman–Crippen MR) is 95.3 cm³/mol. The van der Waals surface area contributed by atoms with Gasteiger partial charge in [-0.05, 0) is 11.1 Å². The summed E-state index contributed by atoms with van der Waals surface area (Å²) in [6, 6.07) is 8.55. The number of halogens is 1. The van der Waals surface area contributed by atoms with Gasteiger partial charge in [-0.2, -0.15) is 9.97 Å². The van der Waals surface area contributed by atoms with Crippen molar-refractivity contribution in [3.8, 4) is 6.01 Å². The highest BCUT2D eigenvalue weighted by Crippen LogP contribution is 2.20. The van der Waals surface area contributed by atoms with Gasteiger partial charge in [-0.25, -0.2) is 4.98 Å². The monoisotopic (exact) mass is 391 g/mol. The first-order chi connectivity index (χ1) is 11.7. The van der Waals surface area contributed by atoms with Crippen LogP contribution in [0.5, 0.6) is 6.01 Å². The van der Waals surface area contributed by atoms with Crippen molar-refractivity contribution in [2.45, 2.75) is 11.9 Å². The Balaban J connectivity index is 1.90. The first-order valence-electron chi connectivity index (χ1n) is 7.45. The summed E-state index contributed by atoms with van der Waals surface area (Å²) >= 11 is 3.48. The Morgan fingerprint density at radius 2 is 2.04 bits per heavy atom. The zero-order chi connectivity index (χ0) is 16.9. The number of anilines is 1. The van der Waals surface area contributed by atoms with E-state index in [4.69, 9.17) is 15.2 Å². The van der Waals surface area contributed by atoms with Crippen LogP contribution in [0.15, 0.2) is 30.6 Å². The second-order valence-corrected chi connectivity index (χ2v) is 5.79. The van der Waals surface area contributed by atoms with E-state index < -0.39 is 0 Å². The van der Waals surface area contributed by atoms with Crippen LogP contribution in [-0.2, 0) is 16.6 Å². The van der Waals surface area contributed by atoms with Crippen LogP contribution in [-0.4, -0.2) is 39.8 Å². The van der Waals surface area contributed by atoms with Gasteiger partial charge in [0.25, 0.3) is 0 Å². The average molecular weight is 392 g/mol. The second-order valence-electron chi connectivity index (χ2n) is 5.23. The molecule has 3 aromatic rings. The van der Waals surface area contributed by atoms with Crippen LogP contribution >= 0.6 is 15.9 Å². The summed E-state index contributed by atoms with van der Waals surface area (Å²) in [5, 5.41) is 0.818. The molecule has 0 radical (unpaired) electrons. The standard InChI is InChI=1S/C16H18BrN5O2/c1-23-5-6-24-16-20-14(18)13-15(21-16)22(10-19-13)9-12-4-2-3-11(7-12)8-17/h2-4,7,10H,5-6,8-9H2,1H3,(H2,18,20,21). The highest BCUT2D eigenvalue weighted by molar-refractivity contribution is 9.08. The molecule has 3 rings (SSSR count). The van der Waals surface area contributed by atoms with Gasteiger partial charge < -0.3 is 19.8 Å². The molecule has 0 amide bonds. The number of alkyl halides is 1. The molecular formula is C16H18BrN5O2. The fourth-order valence-electron chi connectivity index (χ4n) is 2.35. The van der Waals surface area contributed by atoms with Gasteiger partial charge in [0.1, 0.15) is 6.61 Å². The number of hydrogen-bond acceptors (Lipinski definition) is 6. The predicted octanol–water partition coefficient (Wildman–Crippen LogP) is 2.38. The van der Waals surface area contributed by atoms with Crippen LogP contribution in [0, 0.1) is 0 Å². The number of nitrogens with two attached hydrogens (primary N) is 1. The van der Waals surface area contributed by atoms with Crippen molar-refractivity contribution >= 4 is 32.9 Å². The lowest BCUT2D eigenvalue weighted by Gasteiger charge is -2.08. The number of aromatic nitrogens is 4. The molecule has 2 aromatic heterocycles. The molecule has 0 atom stereocenters. The van der Waals surface area contributed by atoms with Gasteiger partial charge in [-0.3, -0.25) is 0 Å². The molecule has 0 aliphatic heterocycles. The van der Waals surface area contributed by atoms with Crippen molar-refractivity contribution in [3.05, 3.63) is 41.7 Å². The molecule has 0 aliphatic carbocycles. The number of benzene rings is 1. The minimum atomic E-state index is 0.230. The number of nitrogen functional groups attached to an aromatic ring is 1. The summed E-state index contributed by atoms with van der Waals surface area (Å²) in [5.41, 5.74) is 9.57. The summed E-state index contributed by atoms with van der Waals surface area (Å²) in [7, 11) is 1.61. The molecule has 24 heavy (non-hydrogen) atoms.